The maximum Gasteiger partial charge on any atom is 0.320 e. The smallest absolute Gasteiger partial charge is 0.320 e. The Morgan fingerprint density at radius 1 is 1.42 bits per heavy atom. The van der Waals surface area contributed by atoms with Gasteiger partial charge in [0, 0.05) is 18.4 Å². The van der Waals surface area contributed by atoms with Crippen molar-refractivity contribution in [2.24, 2.45) is 5.73 Å². The van der Waals surface area contributed by atoms with Crippen molar-refractivity contribution in [1.82, 2.24) is 9.55 Å². The number of hydrogen-bond donors (Lipinski definition) is 1. The Morgan fingerprint density at radius 2 is 2.21 bits per heavy atom. The Labute approximate surface area is 109 Å². The number of ether oxygens (including phenoxy) is 1. The Hall–Kier alpha value is -1.95. The third-order valence-electron chi connectivity index (χ3n) is 2.71. The molecule has 1 atom stereocenters. The summed E-state index contributed by atoms with van der Waals surface area (Å²) in [6.45, 7) is -0.765. The maximum atomic E-state index is 12.6. The summed E-state index contributed by atoms with van der Waals surface area (Å²) in [7, 11) is 0. The lowest BCUT2D eigenvalue weighted by Crippen LogP contribution is -2.08. The van der Waals surface area contributed by atoms with Crippen LogP contribution >= 0.6 is 0 Å². The van der Waals surface area contributed by atoms with E-state index in [2.05, 4.69) is 4.98 Å². The topological polar surface area (TPSA) is 53.1 Å². The Bertz CT molecular complexity index is 540. The lowest BCUT2D eigenvalue weighted by atomic mass is 10.1. The van der Waals surface area contributed by atoms with Crippen LogP contribution in [0.4, 0.5) is 8.78 Å². The molecule has 2 N–H and O–H groups in total. The molecule has 0 saturated carbocycles. The van der Waals surface area contributed by atoms with Crippen LogP contribution in [0.5, 0.6) is 5.75 Å². The average molecular weight is 267 g/mol. The van der Waals surface area contributed by atoms with E-state index in [9.17, 15) is 8.78 Å². The molecule has 1 heterocycles. The number of benzene rings is 1. The third-order valence-corrected chi connectivity index (χ3v) is 2.71. The Kier molecular flexibility index (Phi) is 4.11. The number of imidazole rings is 1. The summed E-state index contributed by atoms with van der Waals surface area (Å²) in [5.41, 5.74) is 6.69. The molecule has 1 aromatic heterocycles. The van der Waals surface area contributed by atoms with Crippen LogP contribution in [0.3, 0.4) is 0 Å². The average Bonchev–Trinajstić information content (AvgIpc) is 2.85. The minimum Gasteiger partial charge on any atom is -0.486 e. The number of aromatic nitrogens is 2. The van der Waals surface area contributed by atoms with E-state index in [0.29, 0.717) is 5.75 Å². The molecule has 0 radical (unpaired) electrons. The van der Waals surface area contributed by atoms with Crippen LogP contribution in [0.15, 0.2) is 36.7 Å². The summed E-state index contributed by atoms with van der Waals surface area (Å²) in [4.78, 5) is 3.84. The van der Waals surface area contributed by atoms with Crippen molar-refractivity contribution in [3.63, 3.8) is 0 Å². The normalized spacial score (nSPS) is 12.7. The molecule has 0 unspecified atom stereocenters. The van der Waals surface area contributed by atoms with Gasteiger partial charge in [0.1, 0.15) is 12.4 Å². The molecule has 1 aromatic carbocycles. The number of nitrogens with zero attached hydrogens (tertiary/aromatic N) is 2. The van der Waals surface area contributed by atoms with Gasteiger partial charge in [0.05, 0.1) is 0 Å². The number of nitrogens with two attached hydrogens (primary N) is 1. The molecule has 2 aromatic rings. The first-order chi connectivity index (χ1) is 9.08. The zero-order chi connectivity index (χ0) is 13.8. The van der Waals surface area contributed by atoms with Gasteiger partial charge in [0.15, 0.2) is 5.82 Å². The number of alkyl halides is 2. The Morgan fingerprint density at radius 3 is 2.89 bits per heavy atom. The summed E-state index contributed by atoms with van der Waals surface area (Å²) >= 11 is 0. The van der Waals surface area contributed by atoms with E-state index in [1.54, 1.807) is 12.1 Å². The van der Waals surface area contributed by atoms with E-state index < -0.39 is 6.55 Å². The largest absolute Gasteiger partial charge is 0.486 e. The number of rotatable bonds is 5. The first kappa shape index (κ1) is 13.5. The molecule has 4 nitrogen and oxygen atoms in total. The quantitative estimate of drug-likeness (QED) is 0.906. The van der Waals surface area contributed by atoms with Crippen molar-refractivity contribution < 1.29 is 13.5 Å². The summed E-state index contributed by atoms with van der Waals surface area (Å²) in [6, 6.07) is 7.14. The molecule has 0 spiro atoms. The van der Waals surface area contributed by atoms with Crippen LogP contribution in [-0.2, 0) is 6.61 Å². The van der Waals surface area contributed by atoms with Gasteiger partial charge in [0.2, 0.25) is 0 Å². The fraction of sp³-hybridized carbons (Fsp3) is 0.308. The highest BCUT2D eigenvalue weighted by Crippen LogP contribution is 2.19. The number of hydrogen-bond acceptors (Lipinski definition) is 3. The highest BCUT2D eigenvalue weighted by Gasteiger charge is 2.11. The molecule has 0 bridgehead atoms. The van der Waals surface area contributed by atoms with E-state index >= 15 is 0 Å². The highest BCUT2D eigenvalue weighted by molar-refractivity contribution is 5.30. The molecule has 0 amide bonds. The van der Waals surface area contributed by atoms with Crippen LogP contribution in [0.1, 0.15) is 30.9 Å². The molecule has 0 aliphatic rings. The summed E-state index contributed by atoms with van der Waals surface area (Å²) < 4.78 is 31.4. The van der Waals surface area contributed by atoms with E-state index in [-0.39, 0.29) is 18.5 Å². The van der Waals surface area contributed by atoms with Crippen molar-refractivity contribution in [3.05, 3.63) is 48.0 Å². The summed E-state index contributed by atoms with van der Waals surface area (Å²) in [6.07, 6.45) is 2.55. The molecular weight excluding hydrogens is 252 g/mol. The van der Waals surface area contributed by atoms with Crippen molar-refractivity contribution in [1.29, 1.82) is 0 Å². The van der Waals surface area contributed by atoms with Gasteiger partial charge in [-0.25, -0.2) is 4.98 Å². The Balaban J connectivity index is 2.06. The van der Waals surface area contributed by atoms with Crippen molar-refractivity contribution in [2.45, 2.75) is 26.1 Å². The second-order valence-electron chi connectivity index (χ2n) is 4.18. The van der Waals surface area contributed by atoms with Gasteiger partial charge in [-0.05, 0) is 24.6 Å². The van der Waals surface area contributed by atoms with Gasteiger partial charge in [0.25, 0.3) is 0 Å². The monoisotopic (exact) mass is 267 g/mol. The van der Waals surface area contributed by atoms with Crippen molar-refractivity contribution in [3.8, 4) is 5.75 Å². The minimum atomic E-state index is -2.61. The van der Waals surface area contributed by atoms with Crippen LogP contribution in [-0.4, -0.2) is 9.55 Å². The first-order valence-electron chi connectivity index (χ1n) is 5.86. The van der Waals surface area contributed by atoms with Gasteiger partial charge < -0.3 is 10.5 Å². The second kappa shape index (κ2) is 5.79. The third kappa shape index (κ3) is 3.29. The highest BCUT2D eigenvalue weighted by atomic mass is 19.3. The lowest BCUT2D eigenvalue weighted by molar-refractivity contribution is 0.0632. The molecule has 0 aliphatic heterocycles. The van der Waals surface area contributed by atoms with Gasteiger partial charge in [-0.3, -0.25) is 4.57 Å². The lowest BCUT2D eigenvalue weighted by Gasteiger charge is -2.11. The molecular formula is C13H15F2N3O. The second-order valence-corrected chi connectivity index (χ2v) is 4.18. The molecule has 0 aliphatic carbocycles. The molecule has 0 saturated heterocycles. The SMILES string of the molecule is C[C@H](N)c1cccc(OCc2nccn2C(F)F)c1. The van der Waals surface area contributed by atoms with Gasteiger partial charge in [-0.1, -0.05) is 12.1 Å². The summed E-state index contributed by atoms with van der Waals surface area (Å²) in [5, 5.41) is 0. The van der Waals surface area contributed by atoms with Gasteiger partial charge in [-0.15, -0.1) is 0 Å². The van der Waals surface area contributed by atoms with Crippen LogP contribution < -0.4 is 10.5 Å². The first-order valence-corrected chi connectivity index (χ1v) is 5.86. The van der Waals surface area contributed by atoms with Crippen molar-refractivity contribution in [2.75, 3.05) is 0 Å². The molecule has 0 fully saturated rings. The van der Waals surface area contributed by atoms with E-state index in [1.807, 2.05) is 19.1 Å². The predicted octanol–water partition coefficient (Wildman–Crippen LogP) is 2.88. The fourth-order valence-electron chi connectivity index (χ4n) is 1.67. The van der Waals surface area contributed by atoms with Crippen molar-refractivity contribution >= 4 is 0 Å². The molecule has 19 heavy (non-hydrogen) atoms. The molecule has 102 valence electrons. The van der Waals surface area contributed by atoms with E-state index in [0.717, 1.165) is 10.1 Å². The minimum absolute atomic E-state index is 0.0141. The van der Waals surface area contributed by atoms with E-state index in [1.165, 1.54) is 12.4 Å². The zero-order valence-electron chi connectivity index (χ0n) is 10.5. The maximum absolute atomic E-state index is 12.6. The fourth-order valence-corrected chi connectivity index (χ4v) is 1.67. The summed E-state index contributed by atoms with van der Waals surface area (Å²) in [5.74, 6) is 0.764. The van der Waals surface area contributed by atoms with E-state index in [4.69, 9.17) is 10.5 Å². The van der Waals surface area contributed by atoms with Crippen LogP contribution in [0.2, 0.25) is 0 Å². The number of halogens is 2. The molecule has 2 rings (SSSR count). The molecule has 6 heteroatoms. The van der Waals surface area contributed by atoms with Crippen LogP contribution in [0.25, 0.3) is 0 Å². The van der Waals surface area contributed by atoms with Gasteiger partial charge in [-0.2, -0.15) is 8.78 Å². The zero-order valence-corrected chi connectivity index (χ0v) is 10.5. The van der Waals surface area contributed by atoms with Gasteiger partial charge >= 0.3 is 6.55 Å². The van der Waals surface area contributed by atoms with Crippen LogP contribution in [0, 0.1) is 0 Å². The predicted molar refractivity (Wildman–Crippen MR) is 66.9 cm³/mol. The standard InChI is InChI=1S/C13H15F2N3O/c1-9(16)10-3-2-4-11(7-10)19-8-12-17-5-6-18(12)13(14)15/h2-7,9,13H,8,16H2,1H3/t9-/m0/s1.